The predicted molar refractivity (Wildman–Crippen MR) is 67.1 cm³/mol. The van der Waals surface area contributed by atoms with Gasteiger partial charge in [0.1, 0.15) is 5.69 Å². The molecule has 0 amide bonds. The van der Waals surface area contributed by atoms with Gasteiger partial charge in [0.15, 0.2) is 0 Å². The number of aromatic amines is 1. The van der Waals surface area contributed by atoms with Crippen molar-refractivity contribution in [3.05, 3.63) is 27.5 Å². The third-order valence-corrected chi connectivity index (χ3v) is 3.37. The van der Waals surface area contributed by atoms with E-state index in [1.54, 1.807) is 12.3 Å². The molecule has 0 unspecified atom stereocenters. The Balaban J connectivity index is 2.17. The fourth-order valence-corrected chi connectivity index (χ4v) is 1.90. The summed E-state index contributed by atoms with van der Waals surface area (Å²) in [6.07, 6.45) is 3.76. The summed E-state index contributed by atoms with van der Waals surface area (Å²) in [6, 6.07) is 1.76. The lowest BCUT2D eigenvalue weighted by Crippen LogP contribution is -2.13. The molecular weight excluding hydrogens is 242 g/mol. The molecule has 1 N–H and O–H groups in total. The molecule has 1 fully saturated rings. The van der Waals surface area contributed by atoms with Crippen molar-refractivity contribution in [2.24, 2.45) is 5.92 Å². The fourth-order valence-electron chi connectivity index (χ4n) is 1.57. The number of nitrogens with one attached hydrogen (secondary N) is 1. The lowest BCUT2D eigenvalue weighted by atomic mass is 10.0. The lowest BCUT2D eigenvalue weighted by molar-refractivity contribution is 0.0807. The van der Waals surface area contributed by atoms with Crippen LogP contribution in [0.1, 0.15) is 18.5 Å². The number of halogens is 1. The van der Waals surface area contributed by atoms with Crippen LogP contribution in [-0.4, -0.2) is 18.2 Å². The van der Waals surface area contributed by atoms with Gasteiger partial charge in [-0.15, -0.1) is 0 Å². The number of H-pyrrole nitrogens is 1. The molecule has 84 valence electrons. The van der Waals surface area contributed by atoms with Gasteiger partial charge in [-0.1, -0.05) is 29.7 Å². The highest BCUT2D eigenvalue weighted by atomic mass is 35.5. The van der Waals surface area contributed by atoms with Crippen LogP contribution in [0.15, 0.2) is 12.3 Å². The Labute approximate surface area is 105 Å². The van der Waals surface area contributed by atoms with Gasteiger partial charge in [0, 0.05) is 25.3 Å². The van der Waals surface area contributed by atoms with Gasteiger partial charge < -0.3 is 9.72 Å². The molecule has 0 spiro atoms. The summed E-state index contributed by atoms with van der Waals surface area (Å²) >= 11 is 11.1. The number of hydrogen-bond acceptors (Lipinski definition) is 2. The second-order valence-electron chi connectivity index (χ2n) is 3.69. The summed E-state index contributed by atoms with van der Waals surface area (Å²) in [7, 11) is 0. The molecule has 1 saturated heterocycles. The van der Waals surface area contributed by atoms with E-state index in [4.69, 9.17) is 28.6 Å². The molecule has 0 atom stereocenters. The molecule has 0 radical (unpaired) electrons. The van der Waals surface area contributed by atoms with Crippen LogP contribution in [0.25, 0.3) is 0 Å². The first-order valence-electron chi connectivity index (χ1n) is 5.24. The van der Waals surface area contributed by atoms with E-state index in [1.807, 2.05) is 0 Å². The van der Waals surface area contributed by atoms with E-state index in [0.717, 1.165) is 26.1 Å². The zero-order valence-corrected chi connectivity index (χ0v) is 10.3. The molecule has 2 nitrogen and oxygen atoms in total. The van der Waals surface area contributed by atoms with Crippen molar-refractivity contribution in [1.29, 1.82) is 0 Å². The van der Waals surface area contributed by atoms with Crippen LogP contribution in [-0.2, 0) is 4.74 Å². The SMILES string of the molecule is S=c1cc[nH]c(C#CC2CCOCC2)c1Cl. The van der Waals surface area contributed by atoms with E-state index >= 15 is 0 Å². The van der Waals surface area contributed by atoms with Gasteiger partial charge in [-0.2, -0.15) is 0 Å². The average Bonchev–Trinajstić information content (AvgIpc) is 2.32. The molecule has 1 aromatic rings. The Hall–Kier alpha value is -0.820. The summed E-state index contributed by atoms with van der Waals surface area (Å²) in [4.78, 5) is 3.01. The first kappa shape index (κ1) is 11.7. The minimum atomic E-state index is 0.409. The minimum Gasteiger partial charge on any atom is -0.381 e. The monoisotopic (exact) mass is 253 g/mol. The molecule has 0 bridgehead atoms. The maximum atomic E-state index is 6.05. The first-order chi connectivity index (χ1) is 7.77. The molecule has 16 heavy (non-hydrogen) atoms. The topological polar surface area (TPSA) is 25.0 Å². The molecule has 4 heteroatoms. The smallest absolute Gasteiger partial charge is 0.110 e. The molecule has 1 aromatic heterocycles. The van der Waals surface area contributed by atoms with Crippen molar-refractivity contribution in [2.45, 2.75) is 12.8 Å². The van der Waals surface area contributed by atoms with Crippen LogP contribution in [0.3, 0.4) is 0 Å². The van der Waals surface area contributed by atoms with E-state index in [1.165, 1.54) is 0 Å². The summed E-state index contributed by atoms with van der Waals surface area (Å²) in [6.45, 7) is 1.61. The Kier molecular flexibility index (Phi) is 4.00. The third-order valence-electron chi connectivity index (χ3n) is 2.52. The number of rotatable bonds is 0. The summed E-state index contributed by atoms with van der Waals surface area (Å²) in [5.74, 6) is 6.69. The van der Waals surface area contributed by atoms with Crippen molar-refractivity contribution in [1.82, 2.24) is 4.98 Å². The minimum absolute atomic E-state index is 0.409. The summed E-state index contributed by atoms with van der Waals surface area (Å²) < 4.78 is 5.91. The fraction of sp³-hybridized carbons (Fsp3) is 0.417. The highest BCUT2D eigenvalue weighted by Gasteiger charge is 2.10. The van der Waals surface area contributed by atoms with Gasteiger partial charge in [0.25, 0.3) is 0 Å². The van der Waals surface area contributed by atoms with Crippen LogP contribution in [0.4, 0.5) is 0 Å². The van der Waals surface area contributed by atoms with E-state index in [-0.39, 0.29) is 0 Å². The zero-order valence-electron chi connectivity index (χ0n) is 8.75. The van der Waals surface area contributed by atoms with Crippen molar-refractivity contribution in [3.63, 3.8) is 0 Å². The van der Waals surface area contributed by atoms with Crippen molar-refractivity contribution in [2.75, 3.05) is 13.2 Å². The van der Waals surface area contributed by atoms with Gasteiger partial charge in [-0.05, 0) is 24.8 Å². The predicted octanol–water partition coefficient (Wildman–Crippen LogP) is 3.18. The van der Waals surface area contributed by atoms with Gasteiger partial charge >= 0.3 is 0 Å². The van der Waals surface area contributed by atoms with Crippen LogP contribution < -0.4 is 0 Å². The number of hydrogen-bond donors (Lipinski definition) is 1. The number of aromatic nitrogens is 1. The average molecular weight is 254 g/mol. The summed E-state index contributed by atoms with van der Waals surface area (Å²) in [5, 5.41) is 0.539. The third kappa shape index (κ3) is 2.85. The Bertz CT molecular complexity index is 480. The number of pyridine rings is 1. The first-order valence-corrected chi connectivity index (χ1v) is 6.02. The Morgan fingerprint density at radius 3 is 2.94 bits per heavy atom. The quantitative estimate of drug-likeness (QED) is 0.568. The largest absolute Gasteiger partial charge is 0.381 e. The van der Waals surface area contributed by atoms with Crippen LogP contribution in [0.5, 0.6) is 0 Å². The van der Waals surface area contributed by atoms with Gasteiger partial charge in [-0.3, -0.25) is 0 Å². The normalized spacial score (nSPS) is 16.6. The van der Waals surface area contributed by atoms with E-state index in [2.05, 4.69) is 16.8 Å². The van der Waals surface area contributed by atoms with Crippen molar-refractivity contribution >= 4 is 23.8 Å². The molecule has 1 aliphatic rings. The van der Waals surface area contributed by atoms with Gasteiger partial charge in [0.05, 0.1) is 9.53 Å². The summed E-state index contributed by atoms with van der Waals surface area (Å²) in [5.41, 5.74) is 0.709. The van der Waals surface area contributed by atoms with E-state index in [9.17, 15) is 0 Å². The second kappa shape index (κ2) is 5.49. The highest BCUT2D eigenvalue weighted by molar-refractivity contribution is 7.71. The highest BCUT2D eigenvalue weighted by Crippen LogP contribution is 2.16. The van der Waals surface area contributed by atoms with E-state index in [0.29, 0.717) is 21.1 Å². The van der Waals surface area contributed by atoms with Gasteiger partial charge in [0.2, 0.25) is 0 Å². The molecule has 0 aliphatic carbocycles. The molecule has 2 heterocycles. The maximum absolute atomic E-state index is 6.05. The molecule has 1 aliphatic heterocycles. The van der Waals surface area contributed by atoms with Crippen molar-refractivity contribution in [3.8, 4) is 11.8 Å². The number of ether oxygens (including phenoxy) is 1. The van der Waals surface area contributed by atoms with Crippen LogP contribution in [0.2, 0.25) is 5.02 Å². The van der Waals surface area contributed by atoms with E-state index < -0.39 is 0 Å². The Morgan fingerprint density at radius 2 is 2.19 bits per heavy atom. The second-order valence-corrected chi connectivity index (χ2v) is 4.50. The van der Waals surface area contributed by atoms with Crippen molar-refractivity contribution < 1.29 is 4.74 Å². The lowest BCUT2D eigenvalue weighted by Gasteiger charge is -2.16. The Morgan fingerprint density at radius 1 is 1.44 bits per heavy atom. The molecule has 0 aromatic carbocycles. The molecule has 2 rings (SSSR count). The maximum Gasteiger partial charge on any atom is 0.110 e. The molecule has 0 saturated carbocycles. The zero-order chi connectivity index (χ0) is 11.4. The standard InChI is InChI=1S/C12H12ClNOS/c13-12-10(14-6-3-11(12)16)2-1-9-4-7-15-8-5-9/h3,6,9H,4-5,7-8H2,(H,14,16). The van der Waals surface area contributed by atoms with Crippen LogP contribution in [0, 0.1) is 22.3 Å². The molecular formula is C12H12ClNOS. The van der Waals surface area contributed by atoms with Crippen LogP contribution >= 0.6 is 23.8 Å². The van der Waals surface area contributed by atoms with Gasteiger partial charge in [-0.25, -0.2) is 0 Å².